The number of rotatable bonds is 4. The zero-order valence-corrected chi connectivity index (χ0v) is 10.5. The van der Waals surface area contributed by atoms with Gasteiger partial charge in [0.2, 0.25) is 0 Å². The van der Waals surface area contributed by atoms with Gasteiger partial charge in [-0.15, -0.1) is 12.4 Å². The van der Waals surface area contributed by atoms with E-state index in [1.807, 2.05) is 12.1 Å². The number of anilines is 1. The van der Waals surface area contributed by atoms with Crippen molar-refractivity contribution >= 4 is 24.0 Å². The van der Waals surface area contributed by atoms with Gasteiger partial charge in [0.05, 0.1) is 5.56 Å². The number of nitrogens with one attached hydrogen (secondary N) is 1. The Balaban J connectivity index is 0.00000225. The molecule has 1 aromatic carbocycles. The van der Waals surface area contributed by atoms with E-state index in [0.717, 1.165) is 6.42 Å². The highest BCUT2D eigenvalue weighted by atomic mass is 35.5. The quantitative estimate of drug-likeness (QED) is 0.797. The van der Waals surface area contributed by atoms with Crippen LogP contribution in [-0.4, -0.2) is 12.5 Å². The first-order valence-corrected chi connectivity index (χ1v) is 5.24. The summed E-state index contributed by atoms with van der Waals surface area (Å²) in [6.07, 6.45) is 0.985. The fourth-order valence-electron chi connectivity index (χ4n) is 1.27. The van der Waals surface area contributed by atoms with Crippen molar-refractivity contribution in [3.8, 4) is 0 Å². The van der Waals surface area contributed by atoms with Gasteiger partial charge >= 0.3 is 0 Å². The third-order valence-electron chi connectivity index (χ3n) is 2.21. The molecule has 3 N–H and O–H groups in total. The topological polar surface area (TPSA) is 55.1 Å². The van der Waals surface area contributed by atoms with Crippen molar-refractivity contribution in [1.82, 2.24) is 5.32 Å². The Morgan fingerprint density at radius 2 is 2.00 bits per heavy atom. The Morgan fingerprint density at radius 3 is 2.56 bits per heavy atom. The van der Waals surface area contributed by atoms with Gasteiger partial charge in [-0.1, -0.05) is 26.0 Å². The van der Waals surface area contributed by atoms with Crippen LogP contribution in [-0.2, 0) is 0 Å². The molecule has 0 aliphatic rings. The van der Waals surface area contributed by atoms with Gasteiger partial charge in [0, 0.05) is 12.2 Å². The van der Waals surface area contributed by atoms with Crippen LogP contribution in [0.1, 0.15) is 30.6 Å². The summed E-state index contributed by atoms with van der Waals surface area (Å²) in [6.45, 7) is 4.96. The molecule has 0 aliphatic carbocycles. The lowest BCUT2D eigenvalue weighted by atomic mass is 10.1. The van der Waals surface area contributed by atoms with Crippen molar-refractivity contribution in [2.75, 3.05) is 12.3 Å². The fraction of sp³-hybridized carbons (Fsp3) is 0.417. The van der Waals surface area contributed by atoms with Crippen molar-refractivity contribution in [2.45, 2.75) is 20.3 Å². The zero-order valence-electron chi connectivity index (χ0n) is 9.69. The molecule has 16 heavy (non-hydrogen) atoms. The van der Waals surface area contributed by atoms with Crippen LogP contribution in [0.25, 0.3) is 0 Å². The van der Waals surface area contributed by atoms with Crippen molar-refractivity contribution in [1.29, 1.82) is 0 Å². The number of nitrogen functional groups attached to an aromatic ring is 1. The maximum Gasteiger partial charge on any atom is 0.253 e. The van der Waals surface area contributed by atoms with Crippen molar-refractivity contribution in [2.24, 2.45) is 5.92 Å². The molecule has 0 aromatic heterocycles. The standard InChI is InChI=1S/C12H18N2O.ClH/c1-9(2)7-8-14-12(15)10-5-3-4-6-11(10)13;/h3-6,9H,7-8,13H2,1-2H3,(H,14,15);1H. The second-order valence-corrected chi connectivity index (χ2v) is 4.03. The molecule has 0 aliphatic heterocycles. The largest absolute Gasteiger partial charge is 0.398 e. The van der Waals surface area contributed by atoms with E-state index in [2.05, 4.69) is 19.2 Å². The first kappa shape index (κ1) is 14.8. The monoisotopic (exact) mass is 242 g/mol. The number of nitrogens with two attached hydrogens (primary N) is 1. The third kappa shape index (κ3) is 4.53. The molecular weight excluding hydrogens is 224 g/mol. The molecule has 0 saturated heterocycles. The number of hydrogen-bond donors (Lipinski definition) is 2. The summed E-state index contributed by atoms with van der Waals surface area (Å²) in [5, 5.41) is 2.85. The molecule has 0 bridgehead atoms. The van der Waals surface area contributed by atoms with Gasteiger partial charge in [-0.25, -0.2) is 0 Å². The zero-order chi connectivity index (χ0) is 11.3. The second-order valence-electron chi connectivity index (χ2n) is 4.03. The van der Waals surface area contributed by atoms with Crippen LogP contribution in [0.15, 0.2) is 24.3 Å². The van der Waals surface area contributed by atoms with Gasteiger partial charge in [-0.05, 0) is 24.5 Å². The summed E-state index contributed by atoms with van der Waals surface area (Å²) in [7, 11) is 0. The Bertz CT molecular complexity index is 340. The van der Waals surface area contributed by atoms with Gasteiger partial charge in [-0.2, -0.15) is 0 Å². The molecular formula is C12H19ClN2O. The van der Waals surface area contributed by atoms with E-state index in [4.69, 9.17) is 5.73 Å². The number of amides is 1. The minimum atomic E-state index is -0.0891. The van der Waals surface area contributed by atoms with Gasteiger partial charge in [0.25, 0.3) is 5.91 Å². The summed E-state index contributed by atoms with van der Waals surface area (Å²) in [4.78, 5) is 11.7. The van der Waals surface area contributed by atoms with Gasteiger partial charge in [-0.3, -0.25) is 4.79 Å². The smallest absolute Gasteiger partial charge is 0.253 e. The number of carbonyl (C=O) groups excluding carboxylic acids is 1. The van der Waals surface area contributed by atoms with Crippen LogP contribution >= 0.6 is 12.4 Å². The summed E-state index contributed by atoms with van der Waals surface area (Å²) in [5.74, 6) is 0.507. The minimum absolute atomic E-state index is 0. The Hall–Kier alpha value is -1.22. The Morgan fingerprint density at radius 1 is 1.38 bits per heavy atom. The lowest BCUT2D eigenvalue weighted by Crippen LogP contribution is -2.26. The first-order valence-electron chi connectivity index (χ1n) is 5.24. The molecule has 3 nitrogen and oxygen atoms in total. The lowest BCUT2D eigenvalue weighted by Gasteiger charge is -2.08. The van der Waals surface area contributed by atoms with Gasteiger partial charge in [0.1, 0.15) is 0 Å². The summed E-state index contributed by atoms with van der Waals surface area (Å²) in [6, 6.07) is 7.10. The predicted octanol–water partition coefficient (Wildman–Crippen LogP) is 2.47. The fourth-order valence-corrected chi connectivity index (χ4v) is 1.27. The van der Waals surface area contributed by atoms with Crippen molar-refractivity contribution in [3.05, 3.63) is 29.8 Å². The summed E-state index contributed by atoms with van der Waals surface area (Å²) < 4.78 is 0. The SMILES string of the molecule is CC(C)CCNC(=O)c1ccccc1N.Cl. The number of halogens is 1. The molecule has 0 atom stereocenters. The molecule has 0 heterocycles. The van der Waals surface area contributed by atoms with Gasteiger partial charge < -0.3 is 11.1 Å². The van der Waals surface area contributed by atoms with E-state index in [1.165, 1.54) is 0 Å². The summed E-state index contributed by atoms with van der Waals surface area (Å²) in [5.41, 5.74) is 6.78. The maximum atomic E-state index is 11.7. The van der Waals surface area contributed by atoms with E-state index < -0.39 is 0 Å². The second kappa shape index (κ2) is 7.12. The number of benzene rings is 1. The van der Waals surface area contributed by atoms with Crippen molar-refractivity contribution in [3.63, 3.8) is 0 Å². The highest BCUT2D eigenvalue weighted by Crippen LogP contribution is 2.09. The van der Waals surface area contributed by atoms with Crippen LogP contribution in [0.2, 0.25) is 0 Å². The first-order chi connectivity index (χ1) is 7.11. The molecule has 0 radical (unpaired) electrons. The van der Waals surface area contributed by atoms with Crippen LogP contribution in [0, 0.1) is 5.92 Å². The predicted molar refractivity (Wildman–Crippen MR) is 69.9 cm³/mol. The average molecular weight is 243 g/mol. The van der Waals surface area contributed by atoms with E-state index in [1.54, 1.807) is 12.1 Å². The van der Waals surface area contributed by atoms with E-state index in [0.29, 0.717) is 23.7 Å². The highest BCUT2D eigenvalue weighted by Gasteiger charge is 2.07. The minimum Gasteiger partial charge on any atom is -0.398 e. The van der Waals surface area contributed by atoms with E-state index in [-0.39, 0.29) is 18.3 Å². The molecule has 0 saturated carbocycles. The third-order valence-corrected chi connectivity index (χ3v) is 2.21. The number of para-hydroxylation sites is 1. The van der Waals surface area contributed by atoms with Crippen LogP contribution in [0.5, 0.6) is 0 Å². The molecule has 0 spiro atoms. The average Bonchev–Trinajstić information content (AvgIpc) is 2.17. The summed E-state index contributed by atoms with van der Waals surface area (Å²) >= 11 is 0. The molecule has 1 aromatic rings. The van der Waals surface area contributed by atoms with Crippen LogP contribution in [0.3, 0.4) is 0 Å². The van der Waals surface area contributed by atoms with E-state index in [9.17, 15) is 4.79 Å². The molecule has 1 amide bonds. The molecule has 0 fully saturated rings. The molecule has 0 unspecified atom stereocenters. The van der Waals surface area contributed by atoms with Crippen molar-refractivity contribution < 1.29 is 4.79 Å². The number of hydrogen-bond acceptors (Lipinski definition) is 2. The van der Waals surface area contributed by atoms with Crippen LogP contribution in [0.4, 0.5) is 5.69 Å². The lowest BCUT2D eigenvalue weighted by molar-refractivity contribution is 0.0953. The Kier molecular flexibility index (Phi) is 6.58. The normalized spacial score (nSPS) is 9.69. The molecule has 4 heteroatoms. The highest BCUT2D eigenvalue weighted by molar-refractivity contribution is 5.98. The Labute approximate surface area is 103 Å². The van der Waals surface area contributed by atoms with Gasteiger partial charge in [0.15, 0.2) is 0 Å². The molecule has 1 rings (SSSR count). The van der Waals surface area contributed by atoms with Crippen LogP contribution < -0.4 is 11.1 Å². The number of carbonyl (C=O) groups is 1. The maximum absolute atomic E-state index is 11.7. The molecule has 90 valence electrons. The van der Waals surface area contributed by atoms with E-state index >= 15 is 0 Å².